The van der Waals surface area contributed by atoms with E-state index < -0.39 is 0 Å². The van der Waals surface area contributed by atoms with E-state index in [4.69, 9.17) is 11.6 Å². The second kappa shape index (κ2) is 3.64. The quantitative estimate of drug-likeness (QED) is 0.373. The molecule has 0 radical (unpaired) electrons. The smallest absolute Gasteiger partial charge is 0.118 e. The van der Waals surface area contributed by atoms with E-state index in [1.807, 2.05) is 0 Å². The van der Waals surface area contributed by atoms with E-state index in [1.54, 1.807) is 13.0 Å². The second-order valence-electron chi connectivity index (χ2n) is 1.17. The van der Waals surface area contributed by atoms with Gasteiger partial charge in [-0.15, -0.1) is 0 Å². The third kappa shape index (κ3) is 3.29. The molecule has 42 valence electrons. The first-order valence-electron chi connectivity index (χ1n) is 2.04. The number of hydrogen-bond acceptors (Lipinski definition) is 3. The van der Waals surface area contributed by atoms with E-state index in [1.165, 1.54) is 0 Å². The monoisotopic (exact) mass is 102 g/mol. The van der Waals surface area contributed by atoms with Crippen molar-refractivity contribution in [1.82, 2.24) is 0 Å². The molecule has 0 saturated heterocycles. The zero-order valence-electron chi connectivity index (χ0n) is 4.35. The minimum Gasteiger partial charge on any atom is -0.417 e. The molecule has 0 aliphatic carbocycles. The lowest BCUT2D eigenvalue weighted by Gasteiger charge is -1.92. The summed E-state index contributed by atoms with van der Waals surface area (Å²) in [5, 5.41) is 0. The molecule has 0 aromatic heterocycles. The number of nitrogens with two attached hydrogens (primary N) is 2. The first-order valence-corrected chi connectivity index (χ1v) is 2.04. The fraction of sp³-hybridized carbons (Fsp3) is 0.500. The largest absolute Gasteiger partial charge is 0.417 e. The maximum atomic E-state index is 5.09. The van der Waals surface area contributed by atoms with Crippen LogP contribution in [0.15, 0.2) is 11.8 Å². The van der Waals surface area contributed by atoms with Crippen LogP contribution >= 0.6 is 0 Å². The molecule has 7 heavy (non-hydrogen) atoms. The van der Waals surface area contributed by atoms with Gasteiger partial charge in [-0.25, -0.2) is 0 Å². The van der Waals surface area contributed by atoms with Gasteiger partial charge in [-0.3, -0.25) is 0 Å². The zero-order chi connectivity index (χ0) is 5.70. The minimum atomic E-state index is 0.475. The van der Waals surface area contributed by atoms with Crippen LogP contribution in [0.25, 0.3) is 0 Å². The molecule has 0 saturated carbocycles. The van der Waals surface area contributed by atoms with Crippen molar-refractivity contribution in [2.75, 3.05) is 6.54 Å². The fourth-order valence-electron chi connectivity index (χ4n) is 0.214. The third-order valence-electron chi connectivity index (χ3n) is 0.591. The van der Waals surface area contributed by atoms with Gasteiger partial charge in [-0.2, -0.15) is 5.90 Å². The Morgan fingerprint density at radius 2 is 2.43 bits per heavy atom. The van der Waals surface area contributed by atoms with Gasteiger partial charge >= 0.3 is 0 Å². The maximum absolute atomic E-state index is 5.09. The first-order chi connectivity index (χ1) is 3.31. The maximum Gasteiger partial charge on any atom is 0.118 e. The number of allylic oxidation sites excluding steroid dienone is 1. The Labute approximate surface area is 42.9 Å². The molecule has 0 bridgehead atoms. The van der Waals surface area contributed by atoms with Gasteiger partial charge in [0.2, 0.25) is 0 Å². The Balaban J connectivity index is 3.29. The summed E-state index contributed by atoms with van der Waals surface area (Å²) in [5.74, 6) is 5.39. The average molecular weight is 102 g/mol. The Bertz CT molecular complexity index is 70.1. The van der Waals surface area contributed by atoms with E-state index in [9.17, 15) is 0 Å². The van der Waals surface area contributed by atoms with Crippen molar-refractivity contribution in [2.24, 2.45) is 11.6 Å². The summed E-state index contributed by atoms with van der Waals surface area (Å²) in [4.78, 5) is 4.27. The van der Waals surface area contributed by atoms with Gasteiger partial charge < -0.3 is 10.6 Å². The molecule has 3 nitrogen and oxygen atoms in total. The summed E-state index contributed by atoms with van der Waals surface area (Å²) in [6.45, 7) is 2.22. The van der Waals surface area contributed by atoms with Crippen molar-refractivity contribution < 1.29 is 4.84 Å². The van der Waals surface area contributed by atoms with E-state index in [0.29, 0.717) is 12.3 Å². The van der Waals surface area contributed by atoms with Crippen LogP contribution in [0, 0.1) is 0 Å². The van der Waals surface area contributed by atoms with Crippen LogP contribution in [0.1, 0.15) is 6.92 Å². The SMILES string of the molecule is C/C(=C/CN)ON. The molecule has 0 heterocycles. The summed E-state index contributed by atoms with van der Waals surface area (Å²) < 4.78 is 0. The molecule has 0 spiro atoms. The highest BCUT2D eigenvalue weighted by Crippen LogP contribution is 1.84. The van der Waals surface area contributed by atoms with Gasteiger partial charge in [-0.05, 0) is 13.0 Å². The lowest BCUT2D eigenvalue weighted by Crippen LogP contribution is -2.00. The Kier molecular flexibility index (Phi) is 3.36. The predicted octanol–water partition coefficient (Wildman–Crippen LogP) is -0.261. The standard InChI is InChI=1S/C4H10N2O/c1-4(7-6)2-3-5/h2H,3,5-6H2,1H3/b4-2-. The number of rotatable bonds is 2. The molecule has 0 aromatic rings. The molecule has 3 heteroatoms. The summed E-state index contributed by atoms with van der Waals surface area (Å²) in [6, 6.07) is 0. The van der Waals surface area contributed by atoms with Gasteiger partial charge in [0.15, 0.2) is 0 Å². The van der Waals surface area contributed by atoms with E-state index in [0.717, 1.165) is 0 Å². The van der Waals surface area contributed by atoms with Gasteiger partial charge in [0.25, 0.3) is 0 Å². The van der Waals surface area contributed by atoms with Crippen molar-refractivity contribution in [2.45, 2.75) is 6.92 Å². The van der Waals surface area contributed by atoms with Crippen LogP contribution in [0.3, 0.4) is 0 Å². The van der Waals surface area contributed by atoms with Gasteiger partial charge in [0.05, 0.1) is 0 Å². The Morgan fingerprint density at radius 1 is 1.86 bits per heavy atom. The normalized spacial score (nSPS) is 11.6. The van der Waals surface area contributed by atoms with Crippen LogP contribution in [0.4, 0.5) is 0 Å². The highest BCUT2D eigenvalue weighted by molar-refractivity contribution is 4.87. The fourth-order valence-corrected chi connectivity index (χ4v) is 0.214. The lowest BCUT2D eigenvalue weighted by atomic mass is 10.5. The second-order valence-corrected chi connectivity index (χ2v) is 1.17. The van der Waals surface area contributed by atoms with Gasteiger partial charge in [0, 0.05) is 6.54 Å². The molecule has 4 N–H and O–H groups in total. The van der Waals surface area contributed by atoms with Crippen LogP contribution in [0.2, 0.25) is 0 Å². The average Bonchev–Trinajstić information content (AvgIpc) is 1.68. The predicted molar refractivity (Wildman–Crippen MR) is 28.1 cm³/mol. The van der Waals surface area contributed by atoms with Crippen molar-refractivity contribution in [3.8, 4) is 0 Å². The van der Waals surface area contributed by atoms with E-state index in [-0.39, 0.29) is 0 Å². The van der Waals surface area contributed by atoms with Gasteiger partial charge in [-0.1, -0.05) is 0 Å². The zero-order valence-corrected chi connectivity index (χ0v) is 4.35. The molecule has 0 aromatic carbocycles. The molecular formula is C4H10N2O. The minimum absolute atomic E-state index is 0.475. The topological polar surface area (TPSA) is 61.3 Å². The summed E-state index contributed by atoms with van der Waals surface area (Å²) >= 11 is 0. The van der Waals surface area contributed by atoms with Crippen LogP contribution < -0.4 is 11.6 Å². The van der Waals surface area contributed by atoms with Gasteiger partial charge in [0.1, 0.15) is 5.76 Å². The van der Waals surface area contributed by atoms with Crippen LogP contribution in [-0.2, 0) is 4.84 Å². The summed E-state index contributed by atoms with van der Waals surface area (Å²) in [5.41, 5.74) is 5.09. The molecule has 0 aliphatic heterocycles. The number of hydrogen-bond donors (Lipinski definition) is 2. The molecule has 0 aliphatic rings. The lowest BCUT2D eigenvalue weighted by molar-refractivity contribution is 0.222. The first kappa shape index (κ1) is 6.46. The van der Waals surface area contributed by atoms with Crippen molar-refractivity contribution in [1.29, 1.82) is 0 Å². The molecule has 0 fully saturated rings. The molecule has 0 unspecified atom stereocenters. The highest BCUT2D eigenvalue weighted by atomic mass is 16.6. The van der Waals surface area contributed by atoms with E-state index in [2.05, 4.69) is 4.84 Å². The molecular weight excluding hydrogens is 92.1 g/mol. The summed E-state index contributed by atoms with van der Waals surface area (Å²) in [7, 11) is 0. The van der Waals surface area contributed by atoms with Crippen LogP contribution in [0.5, 0.6) is 0 Å². The van der Waals surface area contributed by atoms with Crippen molar-refractivity contribution in [3.63, 3.8) is 0 Å². The Morgan fingerprint density at radius 3 is 2.57 bits per heavy atom. The van der Waals surface area contributed by atoms with Crippen LogP contribution in [-0.4, -0.2) is 6.54 Å². The van der Waals surface area contributed by atoms with Crippen molar-refractivity contribution in [3.05, 3.63) is 11.8 Å². The van der Waals surface area contributed by atoms with E-state index >= 15 is 0 Å². The Hall–Kier alpha value is -0.540. The molecule has 0 atom stereocenters. The molecule has 0 rings (SSSR count). The summed E-state index contributed by atoms with van der Waals surface area (Å²) in [6.07, 6.45) is 1.69. The molecule has 0 amide bonds. The van der Waals surface area contributed by atoms with Crippen molar-refractivity contribution >= 4 is 0 Å². The third-order valence-corrected chi connectivity index (χ3v) is 0.591. The highest BCUT2D eigenvalue weighted by Gasteiger charge is 1.77.